The average molecular weight is 310 g/mol. The van der Waals surface area contributed by atoms with Crippen molar-refractivity contribution >= 4 is 21.6 Å². The van der Waals surface area contributed by atoms with Crippen LogP contribution in [-0.4, -0.2) is 14.3 Å². The summed E-state index contributed by atoms with van der Waals surface area (Å²) in [6, 6.07) is 15.6. The van der Waals surface area contributed by atoms with Crippen LogP contribution in [-0.2, 0) is 10.0 Å². The third kappa shape index (κ3) is 3.60. The minimum atomic E-state index is -3.57. The predicted molar refractivity (Wildman–Crippen MR) is 81.4 cm³/mol. The highest BCUT2D eigenvalue weighted by Gasteiger charge is 2.20. The maximum absolute atomic E-state index is 12.3. The molecule has 0 fully saturated rings. The smallest absolute Gasteiger partial charge is 0.207 e. The van der Waals surface area contributed by atoms with E-state index in [2.05, 4.69) is 4.72 Å². The van der Waals surface area contributed by atoms with Gasteiger partial charge in [-0.05, 0) is 24.6 Å². The fourth-order valence-electron chi connectivity index (χ4n) is 1.85. The molecule has 0 saturated heterocycles. The van der Waals surface area contributed by atoms with Crippen molar-refractivity contribution in [2.45, 2.75) is 17.9 Å². The van der Waals surface area contributed by atoms with Crippen LogP contribution in [0.15, 0.2) is 59.5 Å². The molecule has 0 saturated carbocycles. The van der Waals surface area contributed by atoms with Crippen molar-refractivity contribution in [2.75, 3.05) is 5.88 Å². The van der Waals surface area contributed by atoms with Crippen molar-refractivity contribution in [3.8, 4) is 0 Å². The van der Waals surface area contributed by atoms with Crippen LogP contribution in [0.2, 0.25) is 0 Å². The Hall–Kier alpha value is -1.36. The van der Waals surface area contributed by atoms with E-state index in [1.54, 1.807) is 24.3 Å². The fourth-order valence-corrected chi connectivity index (χ4v) is 3.42. The van der Waals surface area contributed by atoms with Crippen LogP contribution in [0.1, 0.15) is 17.2 Å². The van der Waals surface area contributed by atoms with E-state index in [1.807, 2.05) is 37.3 Å². The van der Waals surface area contributed by atoms with E-state index in [9.17, 15) is 8.42 Å². The zero-order valence-corrected chi connectivity index (χ0v) is 12.7. The predicted octanol–water partition coefficient (Wildman–Crippen LogP) is 3.25. The second kappa shape index (κ2) is 6.39. The number of sulfonamides is 1. The molecule has 0 aliphatic carbocycles. The summed E-state index contributed by atoms with van der Waals surface area (Å²) in [6.45, 7) is 1.91. The molecule has 2 rings (SSSR count). The van der Waals surface area contributed by atoms with Gasteiger partial charge in [-0.1, -0.05) is 48.0 Å². The lowest BCUT2D eigenvalue weighted by molar-refractivity contribution is 0.568. The molecular formula is C15H16ClNO2S. The minimum absolute atomic E-state index is 0.176. The molecule has 0 aliphatic heterocycles. The first-order valence-corrected chi connectivity index (χ1v) is 8.24. The third-order valence-corrected chi connectivity index (χ3v) is 4.78. The average Bonchev–Trinajstić information content (AvgIpc) is 2.46. The Morgan fingerprint density at radius 2 is 1.65 bits per heavy atom. The van der Waals surface area contributed by atoms with Gasteiger partial charge in [-0.25, -0.2) is 13.1 Å². The van der Waals surface area contributed by atoms with Gasteiger partial charge in [-0.3, -0.25) is 0 Å². The Morgan fingerprint density at radius 1 is 1.05 bits per heavy atom. The highest BCUT2D eigenvalue weighted by Crippen LogP contribution is 2.18. The van der Waals surface area contributed by atoms with Gasteiger partial charge in [-0.2, -0.15) is 0 Å². The highest BCUT2D eigenvalue weighted by molar-refractivity contribution is 7.89. The summed E-state index contributed by atoms with van der Waals surface area (Å²) in [7, 11) is -3.57. The minimum Gasteiger partial charge on any atom is -0.207 e. The van der Waals surface area contributed by atoms with Crippen LogP contribution in [0, 0.1) is 6.92 Å². The molecule has 20 heavy (non-hydrogen) atoms. The molecule has 0 bridgehead atoms. The van der Waals surface area contributed by atoms with Crippen LogP contribution in [0.5, 0.6) is 0 Å². The van der Waals surface area contributed by atoms with Gasteiger partial charge in [0.05, 0.1) is 10.9 Å². The van der Waals surface area contributed by atoms with Crippen molar-refractivity contribution < 1.29 is 8.42 Å². The number of benzene rings is 2. The summed E-state index contributed by atoms with van der Waals surface area (Å²) in [5.41, 5.74) is 1.86. The SMILES string of the molecule is Cc1ccc(S(=O)(=O)NC(CCl)c2ccccc2)cc1. The maximum Gasteiger partial charge on any atom is 0.241 e. The van der Waals surface area contributed by atoms with Gasteiger partial charge >= 0.3 is 0 Å². The molecule has 2 aromatic carbocycles. The summed E-state index contributed by atoms with van der Waals surface area (Å²) in [4.78, 5) is 0.245. The van der Waals surface area contributed by atoms with Crippen LogP contribution in [0.25, 0.3) is 0 Å². The molecule has 0 spiro atoms. The van der Waals surface area contributed by atoms with Gasteiger partial charge in [0, 0.05) is 5.88 Å². The number of hydrogen-bond acceptors (Lipinski definition) is 2. The molecule has 3 nitrogen and oxygen atoms in total. The van der Waals surface area contributed by atoms with E-state index < -0.39 is 16.1 Å². The second-order valence-corrected chi connectivity index (χ2v) is 6.57. The standard InChI is InChI=1S/C15H16ClNO2S/c1-12-7-9-14(10-8-12)20(18,19)17-15(11-16)13-5-3-2-4-6-13/h2-10,15,17H,11H2,1H3. The number of aryl methyl sites for hydroxylation is 1. The van der Waals surface area contributed by atoms with E-state index in [1.165, 1.54) is 0 Å². The van der Waals surface area contributed by atoms with Crippen molar-refractivity contribution in [1.82, 2.24) is 4.72 Å². The van der Waals surface area contributed by atoms with Crippen molar-refractivity contribution in [3.63, 3.8) is 0 Å². The van der Waals surface area contributed by atoms with Crippen LogP contribution in [0.4, 0.5) is 0 Å². The van der Waals surface area contributed by atoms with Crippen molar-refractivity contribution in [1.29, 1.82) is 0 Å². The molecule has 0 amide bonds. The first kappa shape index (κ1) is 15.0. The first-order valence-electron chi connectivity index (χ1n) is 6.23. The van der Waals surface area contributed by atoms with E-state index in [4.69, 9.17) is 11.6 Å². The molecule has 5 heteroatoms. The van der Waals surface area contributed by atoms with Gasteiger partial charge in [0.25, 0.3) is 0 Å². The largest absolute Gasteiger partial charge is 0.241 e. The summed E-state index contributed by atoms with van der Waals surface area (Å²) in [5, 5.41) is 0. The van der Waals surface area contributed by atoms with E-state index >= 15 is 0 Å². The maximum atomic E-state index is 12.3. The number of alkyl halides is 1. The molecule has 106 valence electrons. The Balaban J connectivity index is 2.24. The van der Waals surface area contributed by atoms with Gasteiger partial charge in [-0.15, -0.1) is 11.6 Å². The zero-order valence-electron chi connectivity index (χ0n) is 11.1. The molecule has 2 aromatic rings. The van der Waals surface area contributed by atoms with E-state index in [-0.39, 0.29) is 10.8 Å². The topological polar surface area (TPSA) is 46.2 Å². The Labute approximate surface area is 124 Å². The molecule has 0 aliphatic rings. The van der Waals surface area contributed by atoms with Crippen molar-refractivity contribution in [2.24, 2.45) is 0 Å². The van der Waals surface area contributed by atoms with Crippen LogP contribution < -0.4 is 4.72 Å². The molecule has 1 atom stereocenters. The van der Waals surface area contributed by atoms with Gasteiger partial charge < -0.3 is 0 Å². The van der Waals surface area contributed by atoms with Gasteiger partial charge in [0.2, 0.25) is 10.0 Å². The highest BCUT2D eigenvalue weighted by atomic mass is 35.5. The summed E-state index contributed by atoms with van der Waals surface area (Å²) >= 11 is 5.89. The quantitative estimate of drug-likeness (QED) is 0.862. The molecule has 1 N–H and O–H groups in total. The Kier molecular flexibility index (Phi) is 4.81. The number of halogens is 1. The first-order chi connectivity index (χ1) is 9.53. The Morgan fingerprint density at radius 3 is 2.20 bits per heavy atom. The van der Waals surface area contributed by atoms with Crippen molar-refractivity contribution in [3.05, 3.63) is 65.7 Å². The van der Waals surface area contributed by atoms with Crippen LogP contribution >= 0.6 is 11.6 Å². The lowest BCUT2D eigenvalue weighted by atomic mass is 10.1. The number of rotatable bonds is 5. The number of nitrogens with one attached hydrogen (secondary N) is 1. The summed E-state index contributed by atoms with van der Waals surface area (Å²) in [6.07, 6.45) is 0. The van der Waals surface area contributed by atoms with Crippen LogP contribution in [0.3, 0.4) is 0 Å². The fraction of sp³-hybridized carbons (Fsp3) is 0.200. The summed E-state index contributed by atoms with van der Waals surface area (Å²) < 4.78 is 27.3. The van der Waals surface area contributed by atoms with Gasteiger partial charge in [0.15, 0.2) is 0 Å². The summed E-state index contributed by atoms with van der Waals surface area (Å²) in [5.74, 6) is 0.176. The second-order valence-electron chi connectivity index (χ2n) is 4.55. The lowest BCUT2D eigenvalue weighted by Gasteiger charge is -2.16. The zero-order chi connectivity index (χ0) is 14.6. The molecule has 0 radical (unpaired) electrons. The number of hydrogen-bond donors (Lipinski definition) is 1. The Bertz CT molecular complexity index is 654. The monoisotopic (exact) mass is 309 g/mol. The molecule has 0 aromatic heterocycles. The van der Waals surface area contributed by atoms with E-state index in [0.717, 1.165) is 11.1 Å². The van der Waals surface area contributed by atoms with E-state index in [0.29, 0.717) is 0 Å². The lowest BCUT2D eigenvalue weighted by Crippen LogP contribution is -2.29. The molecule has 1 unspecified atom stereocenters. The van der Waals surface area contributed by atoms with Gasteiger partial charge in [0.1, 0.15) is 0 Å². The third-order valence-electron chi connectivity index (χ3n) is 2.98. The normalized spacial score (nSPS) is 13.1. The molecule has 0 heterocycles. The molecular weight excluding hydrogens is 294 g/mol.